The number of halogens is 1. The molecular weight excluding hydrogens is 214 g/mol. The highest BCUT2D eigenvalue weighted by molar-refractivity contribution is 6.32. The summed E-state index contributed by atoms with van der Waals surface area (Å²) in [6, 6.07) is 0.295. The fourth-order valence-electron chi connectivity index (χ4n) is 0.942. The first-order valence-electron chi connectivity index (χ1n) is 4.48. The average molecular weight is 226 g/mol. The molecule has 0 aliphatic rings. The van der Waals surface area contributed by atoms with Crippen LogP contribution in [0, 0.1) is 11.8 Å². The highest BCUT2D eigenvalue weighted by Crippen LogP contribution is 2.19. The van der Waals surface area contributed by atoms with E-state index >= 15 is 0 Å². The Labute approximate surface area is 94.0 Å². The topological polar surface area (TPSA) is 47.0 Å². The van der Waals surface area contributed by atoms with Gasteiger partial charge in [-0.2, -0.15) is 4.98 Å². The molecule has 0 radical (unpaired) electrons. The molecule has 0 fully saturated rings. The molecule has 1 N–H and O–H groups in total. The lowest BCUT2D eigenvalue weighted by Crippen LogP contribution is -2.04. The Balaban J connectivity index is 2.61. The maximum absolute atomic E-state index is 5.89. The first-order chi connectivity index (χ1) is 7.27. The normalized spacial score (nSPS) is 9.00. The summed E-state index contributed by atoms with van der Waals surface area (Å²) in [6.07, 6.45) is 2.25. The molecule has 0 atom stereocenters. The summed E-state index contributed by atoms with van der Waals surface area (Å²) in [5.41, 5.74) is 0. The lowest BCUT2D eigenvalue weighted by molar-refractivity contribution is 0.380. The Hall–Kier alpha value is -1.47. The van der Waals surface area contributed by atoms with Crippen LogP contribution in [0.15, 0.2) is 6.20 Å². The third-order valence-electron chi connectivity index (χ3n) is 1.62. The predicted molar refractivity (Wildman–Crippen MR) is 60.2 cm³/mol. The second-order valence-corrected chi connectivity index (χ2v) is 3.06. The van der Waals surface area contributed by atoms with Gasteiger partial charge < -0.3 is 10.1 Å². The van der Waals surface area contributed by atoms with Crippen LogP contribution in [-0.2, 0) is 0 Å². The van der Waals surface area contributed by atoms with Gasteiger partial charge in [-0.25, -0.2) is 4.98 Å². The van der Waals surface area contributed by atoms with Crippen LogP contribution in [-0.4, -0.2) is 23.6 Å². The zero-order valence-corrected chi connectivity index (χ0v) is 9.43. The van der Waals surface area contributed by atoms with Crippen molar-refractivity contribution in [3.63, 3.8) is 0 Å². The van der Waals surface area contributed by atoms with E-state index in [2.05, 4.69) is 27.1 Å². The molecule has 0 aliphatic heterocycles. The lowest BCUT2D eigenvalue weighted by Gasteiger charge is -2.06. The zero-order valence-electron chi connectivity index (χ0n) is 8.67. The third-order valence-corrected chi connectivity index (χ3v) is 1.90. The maximum atomic E-state index is 5.89. The number of nitrogens with one attached hydrogen (secondary N) is 1. The molecule has 5 heteroatoms. The van der Waals surface area contributed by atoms with Gasteiger partial charge in [0.2, 0.25) is 0 Å². The predicted octanol–water partition coefficient (Wildman–Crippen LogP) is 1.96. The molecule has 0 bridgehead atoms. The van der Waals surface area contributed by atoms with Crippen LogP contribution in [0.5, 0.6) is 6.01 Å². The molecule has 1 rings (SSSR count). The van der Waals surface area contributed by atoms with Gasteiger partial charge in [-0.05, 0) is 6.92 Å². The van der Waals surface area contributed by atoms with Crippen LogP contribution in [0.2, 0.25) is 5.02 Å². The summed E-state index contributed by atoms with van der Waals surface area (Å²) in [5.74, 6) is 6.32. The zero-order chi connectivity index (χ0) is 11.1. The Kier molecular flexibility index (Phi) is 4.72. The Morgan fingerprint density at radius 1 is 1.60 bits per heavy atom. The van der Waals surface area contributed by atoms with Gasteiger partial charge in [0.25, 0.3) is 0 Å². The molecule has 4 nitrogen and oxygen atoms in total. The van der Waals surface area contributed by atoms with Crippen molar-refractivity contribution in [1.29, 1.82) is 0 Å². The quantitative estimate of drug-likeness (QED) is 0.629. The van der Waals surface area contributed by atoms with Crippen molar-refractivity contribution in [3.05, 3.63) is 11.2 Å². The highest BCUT2D eigenvalue weighted by atomic mass is 35.5. The summed E-state index contributed by atoms with van der Waals surface area (Å²) >= 11 is 5.89. The van der Waals surface area contributed by atoms with Crippen LogP contribution in [0.4, 0.5) is 5.82 Å². The molecule has 0 unspecified atom stereocenters. The van der Waals surface area contributed by atoms with Gasteiger partial charge in [0.15, 0.2) is 5.82 Å². The molecule has 1 aromatic rings. The van der Waals surface area contributed by atoms with Crippen molar-refractivity contribution >= 4 is 17.4 Å². The van der Waals surface area contributed by atoms with E-state index in [1.165, 1.54) is 13.3 Å². The van der Waals surface area contributed by atoms with Crippen molar-refractivity contribution in [2.75, 3.05) is 19.0 Å². The van der Waals surface area contributed by atoms with Crippen LogP contribution in [0.1, 0.15) is 13.3 Å². The van der Waals surface area contributed by atoms with Crippen LogP contribution >= 0.6 is 11.6 Å². The lowest BCUT2D eigenvalue weighted by atomic mass is 10.4. The molecule has 0 spiro atoms. The average Bonchev–Trinajstić information content (AvgIpc) is 2.26. The SMILES string of the molecule is CC#CCCNc1nc(OC)ncc1Cl. The fourth-order valence-corrected chi connectivity index (χ4v) is 1.10. The first kappa shape index (κ1) is 11.6. The summed E-state index contributed by atoms with van der Waals surface area (Å²) in [6.45, 7) is 2.50. The van der Waals surface area contributed by atoms with E-state index in [0.29, 0.717) is 23.4 Å². The molecule has 0 saturated heterocycles. The molecule has 80 valence electrons. The number of hydrogen-bond acceptors (Lipinski definition) is 4. The van der Waals surface area contributed by atoms with Crippen molar-refractivity contribution in [2.24, 2.45) is 0 Å². The smallest absolute Gasteiger partial charge is 0.318 e. The minimum absolute atomic E-state index is 0.295. The molecule has 0 saturated carbocycles. The molecular formula is C10H12ClN3O. The summed E-state index contributed by atoms with van der Waals surface area (Å²) in [4.78, 5) is 7.93. The molecule has 0 aromatic carbocycles. The largest absolute Gasteiger partial charge is 0.467 e. The summed E-state index contributed by atoms with van der Waals surface area (Å²) < 4.78 is 4.89. The minimum atomic E-state index is 0.295. The van der Waals surface area contributed by atoms with Crippen LogP contribution in [0.25, 0.3) is 0 Å². The van der Waals surface area contributed by atoms with Crippen molar-refractivity contribution in [3.8, 4) is 17.9 Å². The molecule has 1 aromatic heterocycles. The number of anilines is 1. The first-order valence-corrected chi connectivity index (χ1v) is 4.85. The number of methoxy groups -OCH3 is 1. The monoisotopic (exact) mass is 225 g/mol. The van der Waals surface area contributed by atoms with Crippen molar-refractivity contribution in [1.82, 2.24) is 9.97 Å². The van der Waals surface area contributed by atoms with Crippen molar-refractivity contribution in [2.45, 2.75) is 13.3 Å². The fraction of sp³-hybridized carbons (Fsp3) is 0.400. The number of nitrogens with zero attached hydrogens (tertiary/aromatic N) is 2. The third kappa shape index (κ3) is 3.64. The van der Waals surface area contributed by atoms with Gasteiger partial charge in [-0.3, -0.25) is 0 Å². The molecule has 1 heterocycles. The van der Waals surface area contributed by atoms with Gasteiger partial charge in [0.05, 0.1) is 13.3 Å². The Morgan fingerprint density at radius 2 is 2.40 bits per heavy atom. The number of ether oxygens (including phenoxy) is 1. The molecule has 15 heavy (non-hydrogen) atoms. The van der Waals surface area contributed by atoms with Crippen LogP contribution < -0.4 is 10.1 Å². The van der Waals surface area contributed by atoms with E-state index in [1.54, 1.807) is 6.92 Å². The Morgan fingerprint density at radius 3 is 3.07 bits per heavy atom. The maximum Gasteiger partial charge on any atom is 0.318 e. The van der Waals surface area contributed by atoms with E-state index in [9.17, 15) is 0 Å². The molecule has 0 amide bonds. The number of aromatic nitrogens is 2. The van der Waals surface area contributed by atoms with E-state index in [4.69, 9.17) is 16.3 Å². The van der Waals surface area contributed by atoms with E-state index in [-0.39, 0.29) is 0 Å². The van der Waals surface area contributed by atoms with Gasteiger partial charge in [-0.15, -0.1) is 11.8 Å². The van der Waals surface area contributed by atoms with Gasteiger partial charge in [0.1, 0.15) is 5.02 Å². The van der Waals surface area contributed by atoms with Crippen molar-refractivity contribution < 1.29 is 4.74 Å². The number of hydrogen-bond donors (Lipinski definition) is 1. The number of rotatable bonds is 4. The van der Waals surface area contributed by atoms with E-state index in [1.807, 2.05) is 0 Å². The Bertz CT molecular complexity index is 384. The van der Waals surface area contributed by atoms with E-state index < -0.39 is 0 Å². The standard InChI is InChI=1S/C10H12ClN3O/c1-3-4-5-6-12-9-8(11)7-13-10(14-9)15-2/h7H,5-6H2,1-2H3,(H,12,13,14). The summed E-state index contributed by atoms with van der Waals surface area (Å²) in [5, 5.41) is 3.53. The summed E-state index contributed by atoms with van der Waals surface area (Å²) in [7, 11) is 1.51. The van der Waals surface area contributed by atoms with Gasteiger partial charge >= 0.3 is 6.01 Å². The molecule has 0 aliphatic carbocycles. The van der Waals surface area contributed by atoms with Gasteiger partial charge in [-0.1, -0.05) is 11.6 Å². The second kappa shape index (κ2) is 6.10. The van der Waals surface area contributed by atoms with E-state index in [0.717, 1.165) is 6.42 Å². The minimum Gasteiger partial charge on any atom is -0.467 e. The highest BCUT2D eigenvalue weighted by Gasteiger charge is 2.03. The van der Waals surface area contributed by atoms with Gasteiger partial charge in [0, 0.05) is 13.0 Å². The van der Waals surface area contributed by atoms with Crippen LogP contribution in [0.3, 0.4) is 0 Å². The second-order valence-electron chi connectivity index (χ2n) is 2.66.